The summed E-state index contributed by atoms with van der Waals surface area (Å²) in [5.74, 6) is -0.281. The van der Waals surface area contributed by atoms with Crippen LogP contribution in [0.5, 0.6) is 0 Å². The van der Waals surface area contributed by atoms with Crippen LogP contribution in [0.4, 0.5) is 5.69 Å². The summed E-state index contributed by atoms with van der Waals surface area (Å²) in [5, 5.41) is 4.67. The van der Waals surface area contributed by atoms with Gasteiger partial charge in [0.2, 0.25) is 5.76 Å². The van der Waals surface area contributed by atoms with Gasteiger partial charge in [-0.3, -0.25) is 0 Å². The summed E-state index contributed by atoms with van der Waals surface area (Å²) in [5.41, 5.74) is 7.90. The highest BCUT2D eigenvalue weighted by Gasteiger charge is 2.14. The van der Waals surface area contributed by atoms with Gasteiger partial charge in [0.05, 0.1) is 0 Å². The van der Waals surface area contributed by atoms with Crippen LogP contribution in [0, 0.1) is 0 Å². The Morgan fingerprint density at radius 2 is 2.21 bits per heavy atom. The first-order valence-electron chi connectivity index (χ1n) is 5.69. The van der Waals surface area contributed by atoms with Gasteiger partial charge in [0.25, 0.3) is 0 Å². The van der Waals surface area contributed by atoms with E-state index in [1.54, 1.807) is 35.6 Å². The second-order valence-electron chi connectivity index (χ2n) is 4.12. The number of anilines is 1. The van der Waals surface area contributed by atoms with Crippen LogP contribution in [0.15, 0.2) is 45.5 Å². The summed E-state index contributed by atoms with van der Waals surface area (Å²) in [6.07, 6.45) is 0. The second kappa shape index (κ2) is 4.78. The number of ether oxygens (including phenoxy) is 1. The van der Waals surface area contributed by atoms with Crippen LogP contribution in [0.1, 0.15) is 16.1 Å². The number of thiophene rings is 1. The molecule has 3 rings (SSSR count). The van der Waals surface area contributed by atoms with Crippen molar-refractivity contribution in [2.24, 2.45) is 0 Å². The van der Waals surface area contributed by atoms with Crippen molar-refractivity contribution in [2.45, 2.75) is 6.61 Å². The van der Waals surface area contributed by atoms with Gasteiger partial charge in [0, 0.05) is 16.6 Å². The quantitative estimate of drug-likeness (QED) is 0.586. The summed E-state index contributed by atoms with van der Waals surface area (Å²) in [6.45, 7) is 0.252. The van der Waals surface area contributed by atoms with Crippen LogP contribution >= 0.6 is 11.3 Å². The predicted octanol–water partition coefficient (Wildman–Crippen LogP) is 3.43. The van der Waals surface area contributed by atoms with Crippen LogP contribution < -0.4 is 5.73 Å². The molecule has 1 aromatic carbocycles. The molecular formula is C14H11NO3S. The lowest BCUT2D eigenvalue weighted by Gasteiger charge is -1.99. The number of hydrogen-bond donors (Lipinski definition) is 1. The van der Waals surface area contributed by atoms with Crippen LogP contribution in [0.2, 0.25) is 0 Å². The maximum Gasteiger partial charge on any atom is 0.374 e. The fourth-order valence-corrected chi connectivity index (χ4v) is 2.41. The maximum atomic E-state index is 11.9. The van der Waals surface area contributed by atoms with E-state index in [0.29, 0.717) is 11.3 Å². The average molecular weight is 273 g/mol. The lowest BCUT2D eigenvalue weighted by atomic mass is 10.2. The second-order valence-corrected chi connectivity index (χ2v) is 4.90. The molecule has 19 heavy (non-hydrogen) atoms. The third kappa shape index (κ3) is 2.46. The van der Waals surface area contributed by atoms with E-state index in [1.807, 2.05) is 16.8 Å². The number of nitrogen functional groups attached to an aromatic ring is 1. The van der Waals surface area contributed by atoms with E-state index in [2.05, 4.69) is 0 Å². The minimum absolute atomic E-state index is 0.191. The van der Waals surface area contributed by atoms with Crippen LogP contribution in [-0.2, 0) is 11.3 Å². The van der Waals surface area contributed by atoms with Crippen molar-refractivity contribution in [3.8, 4) is 0 Å². The molecule has 0 aliphatic rings. The molecule has 5 heteroatoms. The summed E-state index contributed by atoms with van der Waals surface area (Å²) >= 11 is 1.56. The minimum atomic E-state index is -0.471. The number of furan rings is 1. The molecule has 0 atom stereocenters. The zero-order valence-corrected chi connectivity index (χ0v) is 10.8. The van der Waals surface area contributed by atoms with Gasteiger partial charge in [-0.1, -0.05) is 0 Å². The Morgan fingerprint density at radius 1 is 1.32 bits per heavy atom. The van der Waals surface area contributed by atoms with Gasteiger partial charge in [0.1, 0.15) is 12.2 Å². The van der Waals surface area contributed by atoms with Gasteiger partial charge in [-0.05, 0) is 41.1 Å². The van der Waals surface area contributed by atoms with Crippen molar-refractivity contribution in [3.63, 3.8) is 0 Å². The molecular weight excluding hydrogens is 262 g/mol. The normalized spacial score (nSPS) is 10.7. The molecule has 0 spiro atoms. The molecule has 0 radical (unpaired) electrons. The van der Waals surface area contributed by atoms with Gasteiger partial charge in [-0.2, -0.15) is 11.3 Å². The number of hydrogen-bond acceptors (Lipinski definition) is 5. The number of fused-ring (bicyclic) bond motifs is 1. The molecule has 0 aliphatic heterocycles. The highest BCUT2D eigenvalue weighted by atomic mass is 32.1. The summed E-state index contributed by atoms with van der Waals surface area (Å²) in [7, 11) is 0. The van der Waals surface area contributed by atoms with Crippen molar-refractivity contribution in [2.75, 3.05) is 5.73 Å². The van der Waals surface area contributed by atoms with Gasteiger partial charge >= 0.3 is 5.97 Å². The van der Waals surface area contributed by atoms with Crippen molar-refractivity contribution >= 4 is 34.0 Å². The third-order valence-corrected chi connectivity index (χ3v) is 3.42. The van der Waals surface area contributed by atoms with Crippen molar-refractivity contribution in [1.82, 2.24) is 0 Å². The number of carbonyl (C=O) groups is 1. The summed E-state index contributed by atoms with van der Waals surface area (Å²) < 4.78 is 10.6. The Hall–Kier alpha value is -2.27. The van der Waals surface area contributed by atoms with Gasteiger partial charge < -0.3 is 14.9 Å². The molecule has 0 aliphatic carbocycles. The topological polar surface area (TPSA) is 65.5 Å². The first-order chi connectivity index (χ1) is 9.22. The molecule has 0 unspecified atom stereocenters. The lowest BCUT2D eigenvalue weighted by molar-refractivity contribution is 0.0439. The maximum absolute atomic E-state index is 11.9. The molecule has 2 N–H and O–H groups in total. The third-order valence-electron chi connectivity index (χ3n) is 2.69. The van der Waals surface area contributed by atoms with E-state index >= 15 is 0 Å². The molecule has 0 bridgehead atoms. The number of esters is 1. The van der Waals surface area contributed by atoms with E-state index in [0.717, 1.165) is 10.9 Å². The molecule has 0 saturated heterocycles. The molecule has 0 fully saturated rings. The number of rotatable bonds is 3. The standard InChI is InChI=1S/C14H11NO3S/c15-11-1-2-12-10(5-11)6-13(18-12)14(16)17-7-9-3-4-19-8-9/h1-6,8H,7,15H2. The van der Waals surface area contributed by atoms with Crippen molar-refractivity contribution < 1.29 is 13.9 Å². The SMILES string of the molecule is Nc1ccc2oc(C(=O)OCc3ccsc3)cc2c1. The summed E-state index contributed by atoms with van der Waals surface area (Å²) in [6, 6.07) is 8.78. The Bertz CT molecular complexity index is 715. The first kappa shape index (κ1) is 11.8. The number of benzene rings is 1. The zero-order valence-electron chi connectivity index (χ0n) is 9.96. The Morgan fingerprint density at radius 3 is 3.00 bits per heavy atom. The van der Waals surface area contributed by atoms with E-state index in [4.69, 9.17) is 14.9 Å². The molecule has 2 aromatic heterocycles. The molecule has 0 saturated carbocycles. The highest BCUT2D eigenvalue weighted by Crippen LogP contribution is 2.22. The van der Waals surface area contributed by atoms with E-state index in [-0.39, 0.29) is 12.4 Å². The fraction of sp³-hybridized carbons (Fsp3) is 0.0714. The van der Waals surface area contributed by atoms with E-state index in [1.165, 1.54) is 0 Å². The first-order valence-corrected chi connectivity index (χ1v) is 6.64. The molecule has 96 valence electrons. The highest BCUT2D eigenvalue weighted by molar-refractivity contribution is 7.07. The Labute approximate surface area is 113 Å². The van der Waals surface area contributed by atoms with Gasteiger partial charge in [-0.15, -0.1) is 0 Å². The molecule has 3 aromatic rings. The largest absolute Gasteiger partial charge is 0.455 e. The zero-order chi connectivity index (χ0) is 13.2. The van der Waals surface area contributed by atoms with Gasteiger partial charge in [0.15, 0.2) is 0 Å². The molecule has 2 heterocycles. The number of carbonyl (C=O) groups excluding carboxylic acids is 1. The monoisotopic (exact) mass is 273 g/mol. The minimum Gasteiger partial charge on any atom is -0.455 e. The molecule has 4 nitrogen and oxygen atoms in total. The van der Waals surface area contributed by atoms with Crippen LogP contribution in [0.25, 0.3) is 11.0 Å². The number of nitrogens with two attached hydrogens (primary N) is 1. The molecule has 0 amide bonds. The van der Waals surface area contributed by atoms with E-state index in [9.17, 15) is 4.79 Å². The van der Waals surface area contributed by atoms with Gasteiger partial charge in [-0.25, -0.2) is 4.79 Å². The Balaban J connectivity index is 1.77. The van der Waals surface area contributed by atoms with Crippen LogP contribution in [-0.4, -0.2) is 5.97 Å². The predicted molar refractivity (Wildman–Crippen MR) is 74.1 cm³/mol. The fourth-order valence-electron chi connectivity index (χ4n) is 1.76. The van der Waals surface area contributed by atoms with Crippen LogP contribution in [0.3, 0.4) is 0 Å². The van der Waals surface area contributed by atoms with Crippen molar-refractivity contribution in [1.29, 1.82) is 0 Å². The smallest absolute Gasteiger partial charge is 0.374 e. The average Bonchev–Trinajstić information content (AvgIpc) is 3.04. The lowest BCUT2D eigenvalue weighted by Crippen LogP contribution is -2.03. The van der Waals surface area contributed by atoms with E-state index < -0.39 is 5.97 Å². The Kier molecular flexibility index (Phi) is 2.97. The van der Waals surface area contributed by atoms with Crippen molar-refractivity contribution in [3.05, 3.63) is 52.4 Å². The summed E-state index contributed by atoms with van der Waals surface area (Å²) in [4.78, 5) is 11.9.